The van der Waals surface area contributed by atoms with E-state index in [9.17, 15) is 4.79 Å². The van der Waals surface area contributed by atoms with Gasteiger partial charge in [0.05, 0.1) is 5.69 Å². The number of hydrogen-bond acceptors (Lipinski definition) is 5. The van der Waals surface area contributed by atoms with Crippen LogP contribution in [0.5, 0.6) is 0 Å². The number of carbonyl (C=O) groups excluding carboxylic acids is 1. The SMILES string of the molecule is Cc1ccnc(NC(=O)c2ccc(Cc3c(C)noc3C)o2)c1. The number of anilines is 1. The second-order valence-corrected chi connectivity index (χ2v) is 5.42. The number of aromatic nitrogens is 2. The van der Waals surface area contributed by atoms with Crippen molar-refractivity contribution in [2.75, 3.05) is 5.32 Å². The molecular weight excluding hydrogens is 294 g/mol. The lowest BCUT2D eigenvalue weighted by molar-refractivity contribution is 0.0994. The highest BCUT2D eigenvalue weighted by atomic mass is 16.5. The molecule has 0 atom stereocenters. The zero-order valence-electron chi connectivity index (χ0n) is 13.2. The molecule has 0 radical (unpaired) electrons. The first-order valence-corrected chi connectivity index (χ1v) is 7.27. The molecule has 0 spiro atoms. The van der Waals surface area contributed by atoms with Crippen LogP contribution in [0.3, 0.4) is 0 Å². The second kappa shape index (κ2) is 6.08. The van der Waals surface area contributed by atoms with Crippen molar-refractivity contribution in [3.63, 3.8) is 0 Å². The molecule has 0 aliphatic rings. The van der Waals surface area contributed by atoms with Gasteiger partial charge >= 0.3 is 0 Å². The van der Waals surface area contributed by atoms with Gasteiger partial charge in [-0.2, -0.15) is 0 Å². The summed E-state index contributed by atoms with van der Waals surface area (Å²) in [4.78, 5) is 16.3. The maximum absolute atomic E-state index is 12.2. The third-order valence-electron chi connectivity index (χ3n) is 3.57. The topological polar surface area (TPSA) is 81.2 Å². The van der Waals surface area contributed by atoms with Gasteiger partial charge in [0.25, 0.3) is 5.91 Å². The standard InChI is InChI=1S/C17H17N3O3/c1-10-6-7-18-16(8-10)19-17(21)15-5-4-13(22-15)9-14-11(2)20-23-12(14)3/h4-8H,9H2,1-3H3,(H,18,19,21). The number of nitrogens with one attached hydrogen (secondary N) is 1. The summed E-state index contributed by atoms with van der Waals surface area (Å²) in [7, 11) is 0. The summed E-state index contributed by atoms with van der Waals surface area (Å²) in [5.74, 6) is 1.86. The van der Waals surface area contributed by atoms with Crippen LogP contribution in [-0.2, 0) is 6.42 Å². The molecule has 0 fully saturated rings. The van der Waals surface area contributed by atoms with Crippen molar-refractivity contribution in [2.24, 2.45) is 0 Å². The monoisotopic (exact) mass is 311 g/mol. The van der Waals surface area contributed by atoms with Crippen molar-refractivity contribution < 1.29 is 13.7 Å². The maximum Gasteiger partial charge on any atom is 0.292 e. The van der Waals surface area contributed by atoms with Crippen molar-refractivity contribution in [1.82, 2.24) is 10.1 Å². The fourth-order valence-corrected chi connectivity index (χ4v) is 2.31. The fraction of sp³-hybridized carbons (Fsp3) is 0.235. The highest BCUT2D eigenvalue weighted by Gasteiger charge is 2.15. The van der Waals surface area contributed by atoms with Gasteiger partial charge in [-0.05, 0) is 50.6 Å². The molecule has 6 heteroatoms. The Labute approximate surface area is 133 Å². The number of rotatable bonds is 4. The number of aryl methyl sites for hydroxylation is 3. The molecular formula is C17H17N3O3. The van der Waals surface area contributed by atoms with E-state index in [0.717, 1.165) is 22.6 Å². The molecule has 1 amide bonds. The molecule has 0 aliphatic carbocycles. The van der Waals surface area contributed by atoms with E-state index in [0.29, 0.717) is 18.0 Å². The van der Waals surface area contributed by atoms with Gasteiger partial charge in [-0.15, -0.1) is 0 Å². The number of pyridine rings is 1. The Morgan fingerprint density at radius 1 is 1.22 bits per heavy atom. The first kappa shape index (κ1) is 15.0. The van der Waals surface area contributed by atoms with E-state index in [1.807, 2.05) is 26.8 Å². The molecule has 118 valence electrons. The van der Waals surface area contributed by atoms with Crippen molar-refractivity contribution in [2.45, 2.75) is 27.2 Å². The largest absolute Gasteiger partial charge is 0.456 e. The average molecular weight is 311 g/mol. The zero-order valence-corrected chi connectivity index (χ0v) is 13.2. The second-order valence-electron chi connectivity index (χ2n) is 5.42. The van der Waals surface area contributed by atoms with Crippen molar-refractivity contribution in [3.05, 3.63) is 64.6 Å². The molecule has 23 heavy (non-hydrogen) atoms. The minimum Gasteiger partial charge on any atom is -0.456 e. The summed E-state index contributed by atoms with van der Waals surface area (Å²) < 4.78 is 10.8. The summed E-state index contributed by atoms with van der Waals surface area (Å²) in [5.41, 5.74) is 2.83. The summed E-state index contributed by atoms with van der Waals surface area (Å²) in [6, 6.07) is 7.10. The smallest absolute Gasteiger partial charge is 0.292 e. The fourth-order valence-electron chi connectivity index (χ4n) is 2.31. The van der Waals surface area contributed by atoms with Crippen LogP contribution in [0, 0.1) is 20.8 Å². The highest BCUT2D eigenvalue weighted by Crippen LogP contribution is 2.19. The Kier molecular flexibility index (Phi) is 3.97. The van der Waals surface area contributed by atoms with Crippen LogP contribution in [0.2, 0.25) is 0 Å². The van der Waals surface area contributed by atoms with E-state index < -0.39 is 0 Å². The lowest BCUT2D eigenvalue weighted by Gasteiger charge is -2.02. The quantitative estimate of drug-likeness (QED) is 0.798. The number of carbonyl (C=O) groups is 1. The Hall–Kier alpha value is -2.89. The van der Waals surface area contributed by atoms with E-state index in [-0.39, 0.29) is 11.7 Å². The zero-order chi connectivity index (χ0) is 16.4. The third kappa shape index (κ3) is 3.31. The van der Waals surface area contributed by atoms with E-state index in [2.05, 4.69) is 15.5 Å². The van der Waals surface area contributed by atoms with E-state index in [1.54, 1.807) is 24.4 Å². The molecule has 0 aliphatic heterocycles. The Morgan fingerprint density at radius 2 is 2.04 bits per heavy atom. The molecule has 1 N–H and O–H groups in total. The summed E-state index contributed by atoms with van der Waals surface area (Å²) in [6.07, 6.45) is 2.19. The molecule has 0 aromatic carbocycles. The Morgan fingerprint density at radius 3 is 2.74 bits per heavy atom. The third-order valence-corrected chi connectivity index (χ3v) is 3.57. The van der Waals surface area contributed by atoms with E-state index >= 15 is 0 Å². The molecule has 0 saturated heterocycles. The van der Waals surface area contributed by atoms with Gasteiger partial charge in [-0.1, -0.05) is 5.16 Å². The highest BCUT2D eigenvalue weighted by molar-refractivity contribution is 6.01. The minimum absolute atomic E-state index is 0.245. The maximum atomic E-state index is 12.2. The lowest BCUT2D eigenvalue weighted by atomic mass is 10.1. The molecule has 6 nitrogen and oxygen atoms in total. The van der Waals surface area contributed by atoms with Crippen LogP contribution in [0.25, 0.3) is 0 Å². The van der Waals surface area contributed by atoms with Crippen LogP contribution < -0.4 is 5.32 Å². The molecule has 0 bridgehead atoms. The summed E-state index contributed by atoms with van der Waals surface area (Å²) in [6.45, 7) is 5.67. The van der Waals surface area contributed by atoms with Crippen LogP contribution in [-0.4, -0.2) is 16.0 Å². The van der Waals surface area contributed by atoms with E-state index in [1.165, 1.54) is 0 Å². The van der Waals surface area contributed by atoms with Crippen molar-refractivity contribution >= 4 is 11.7 Å². The predicted octanol–water partition coefficient (Wildman–Crippen LogP) is 3.43. The van der Waals surface area contributed by atoms with Crippen molar-refractivity contribution in [1.29, 1.82) is 0 Å². The van der Waals surface area contributed by atoms with Crippen LogP contribution in [0.15, 0.2) is 39.4 Å². The van der Waals surface area contributed by atoms with Gasteiger partial charge in [0, 0.05) is 18.2 Å². The van der Waals surface area contributed by atoms with Gasteiger partial charge < -0.3 is 14.3 Å². The normalized spacial score (nSPS) is 10.7. The van der Waals surface area contributed by atoms with Crippen LogP contribution in [0.1, 0.15) is 38.9 Å². The molecule has 3 rings (SSSR count). The van der Waals surface area contributed by atoms with Crippen LogP contribution in [0.4, 0.5) is 5.82 Å². The molecule has 3 aromatic heterocycles. The first-order chi connectivity index (χ1) is 11.0. The predicted molar refractivity (Wildman–Crippen MR) is 84.4 cm³/mol. The van der Waals surface area contributed by atoms with Gasteiger partial charge in [-0.25, -0.2) is 4.98 Å². The molecule has 3 aromatic rings. The summed E-state index contributed by atoms with van der Waals surface area (Å²) >= 11 is 0. The molecule has 3 heterocycles. The molecule has 0 saturated carbocycles. The number of nitrogens with zero attached hydrogens (tertiary/aromatic N) is 2. The number of furan rings is 1. The Balaban J connectivity index is 1.72. The van der Waals surface area contributed by atoms with Gasteiger partial charge in [0.15, 0.2) is 5.76 Å². The first-order valence-electron chi connectivity index (χ1n) is 7.27. The van der Waals surface area contributed by atoms with Gasteiger partial charge in [0.2, 0.25) is 0 Å². The molecule has 0 unspecified atom stereocenters. The van der Waals surface area contributed by atoms with E-state index in [4.69, 9.17) is 8.94 Å². The van der Waals surface area contributed by atoms with Gasteiger partial charge in [0.1, 0.15) is 17.3 Å². The minimum atomic E-state index is -0.326. The summed E-state index contributed by atoms with van der Waals surface area (Å²) in [5, 5.41) is 6.63. The van der Waals surface area contributed by atoms with Gasteiger partial charge in [-0.3, -0.25) is 4.79 Å². The van der Waals surface area contributed by atoms with Crippen LogP contribution >= 0.6 is 0 Å². The average Bonchev–Trinajstić information content (AvgIpc) is 3.10. The number of hydrogen-bond donors (Lipinski definition) is 1. The Bertz CT molecular complexity index is 829. The number of amides is 1. The lowest BCUT2D eigenvalue weighted by Crippen LogP contribution is -2.12. The van der Waals surface area contributed by atoms with Crippen molar-refractivity contribution in [3.8, 4) is 0 Å².